The topological polar surface area (TPSA) is 326 Å². The van der Waals surface area contributed by atoms with Crippen molar-refractivity contribution in [2.24, 2.45) is 0 Å². The minimum atomic E-state index is -1.55. The number of carbonyl (C=O) groups excluding carboxylic acids is 4. The number of H-pyrrole nitrogens is 2. The van der Waals surface area contributed by atoms with Gasteiger partial charge in [-0.15, -0.1) is 0 Å². The van der Waals surface area contributed by atoms with E-state index in [4.69, 9.17) is 9.47 Å². The van der Waals surface area contributed by atoms with Gasteiger partial charge in [-0.25, -0.2) is 9.59 Å². The summed E-state index contributed by atoms with van der Waals surface area (Å²) in [4.78, 5) is 98.9. The third-order valence-corrected chi connectivity index (χ3v) is 7.40. The second-order valence-electron chi connectivity index (χ2n) is 10.8. The van der Waals surface area contributed by atoms with E-state index in [2.05, 4.69) is 21.3 Å². The Balaban J connectivity index is 1.10. The largest absolute Gasteiger partial charge is 0.387 e. The summed E-state index contributed by atoms with van der Waals surface area (Å²) in [5.41, 5.74) is -3.09. The Kier molecular flexibility index (Phi) is 11.7. The third-order valence-electron chi connectivity index (χ3n) is 7.40. The molecule has 0 bridgehead atoms. The van der Waals surface area contributed by atoms with Gasteiger partial charge in [0, 0.05) is 50.5 Å². The predicted molar refractivity (Wildman–Crippen MR) is 156 cm³/mol. The van der Waals surface area contributed by atoms with Crippen LogP contribution >= 0.6 is 0 Å². The van der Waals surface area contributed by atoms with Gasteiger partial charge in [0.2, 0.25) is 23.6 Å². The summed E-state index contributed by atoms with van der Waals surface area (Å²) in [6.07, 6.45) is -9.51. The molecule has 22 nitrogen and oxygen atoms in total. The summed E-state index contributed by atoms with van der Waals surface area (Å²) in [6.45, 7) is -1.60. The number of carbonyl (C=O) groups is 4. The molecule has 10 N–H and O–H groups in total. The lowest BCUT2D eigenvalue weighted by atomic mass is 10.1. The van der Waals surface area contributed by atoms with E-state index in [0.29, 0.717) is 0 Å². The number of nitrogens with one attached hydrogen (secondary N) is 6. The summed E-state index contributed by atoms with van der Waals surface area (Å²) in [5, 5.41) is 50.3. The van der Waals surface area contributed by atoms with Crippen LogP contribution in [0.2, 0.25) is 0 Å². The number of aromatic amines is 2. The summed E-state index contributed by atoms with van der Waals surface area (Å²) in [6, 6.07) is 2.05. The average molecular weight is 683 g/mol. The van der Waals surface area contributed by atoms with Gasteiger partial charge in [0.05, 0.1) is 13.1 Å². The lowest BCUT2D eigenvalue weighted by Crippen LogP contribution is -2.44. The molecular weight excluding hydrogens is 648 g/mol. The molecule has 4 heterocycles. The Morgan fingerprint density at radius 3 is 1.33 bits per heavy atom. The fraction of sp³-hybridized carbons (Fsp3) is 0.538. The molecule has 0 radical (unpaired) electrons. The first kappa shape index (κ1) is 35.8. The number of aliphatic hydroxyl groups excluding tert-OH is 4. The van der Waals surface area contributed by atoms with Crippen molar-refractivity contribution in [1.29, 1.82) is 0 Å². The molecule has 2 fully saturated rings. The van der Waals surface area contributed by atoms with Crippen molar-refractivity contribution in [3.63, 3.8) is 0 Å². The summed E-state index contributed by atoms with van der Waals surface area (Å²) in [7, 11) is 0. The fourth-order valence-electron chi connectivity index (χ4n) is 4.83. The number of aromatic nitrogens is 4. The van der Waals surface area contributed by atoms with Crippen molar-refractivity contribution < 1.29 is 49.1 Å². The molecule has 2 aromatic rings. The van der Waals surface area contributed by atoms with Gasteiger partial charge in [-0.3, -0.25) is 47.9 Å². The van der Waals surface area contributed by atoms with Gasteiger partial charge in [0.1, 0.15) is 36.6 Å². The van der Waals surface area contributed by atoms with Crippen LogP contribution in [-0.2, 0) is 28.7 Å². The minimum absolute atomic E-state index is 0.298. The smallest absolute Gasteiger partial charge is 0.330 e. The van der Waals surface area contributed by atoms with Crippen molar-refractivity contribution in [2.45, 2.75) is 61.9 Å². The molecule has 8 atom stereocenters. The van der Waals surface area contributed by atoms with Gasteiger partial charge < -0.3 is 51.2 Å². The summed E-state index contributed by atoms with van der Waals surface area (Å²) >= 11 is 0. The highest BCUT2D eigenvalue weighted by atomic mass is 16.6. The van der Waals surface area contributed by atoms with Crippen LogP contribution in [0.1, 0.15) is 25.3 Å². The lowest BCUT2D eigenvalue weighted by molar-refractivity contribution is -0.129. The Bertz CT molecular complexity index is 1610. The number of rotatable bonds is 13. The maximum Gasteiger partial charge on any atom is 0.330 e. The van der Waals surface area contributed by atoms with Crippen molar-refractivity contribution in [1.82, 2.24) is 40.4 Å². The van der Waals surface area contributed by atoms with E-state index >= 15 is 0 Å². The van der Waals surface area contributed by atoms with Gasteiger partial charge >= 0.3 is 11.4 Å². The maximum atomic E-state index is 12.2. The molecule has 262 valence electrons. The van der Waals surface area contributed by atoms with Crippen LogP contribution in [0, 0.1) is 0 Å². The van der Waals surface area contributed by atoms with Crippen molar-refractivity contribution in [3.8, 4) is 0 Å². The molecule has 2 saturated heterocycles. The number of nitrogens with zero attached hydrogens (tertiary/aromatic N) is 2. The summed E-state index contributed by atoms with van der Waals surface area (Å²) in [5.74, 6) is -2.73. The first-order valence-corrected chi connectivity index (χ1v) is 14.5. The van der Waals surface area contributed by atoms with Crippen LogP contribution in [0.15, 0.2) is 43.7 Å². The first-order valence-electron chi connectivity index (χ1n) is 14.5. The normalized spacial score (nSPS) is 26.5. The Morgan fingerprint density at radius 1 is 0.604 bits per heavy atom. The average Bonchev–Trinajstić information content (AvgIpc) is 3.48. The second kappa shape index (κ2) is 15.7. The standard InChI is InChI=1S/C26H34N8O14/c35-13(29-9-17(39)27-7-11-19(41)21(43)23(47-11)33-5-3-15(37)31-25(33)45)1-2-14(36)30-10-18(40)28-8-12-20(42)22(44)24(48-12)34-6-4-16(38)32-26(34)46/h3-6,11-12,19-24,41-44H,1-2,7-10H2,(H,27,39)(H,28,40)(H,29,35)(H,30,36)(H,31,37,45)(H,32,38,46)/t11-,12-,19?,20?,21+,22+,23-,24-/m1/s1. The molecule has 48 heavy (non-hydrogen) atoms. The Labute approximate surface area is 267 Å². The number of hydrogen-bond acceptors (Lipinski definition) is 14. The quantitative estimate of drug-likeness (QED) is 0.0939. The van der Waals surface area contributed by atoms with E-state index in [-0.39, 0.29) is 25.9 Å². The highest BCUT2D eigenvalue weighted by molar-refractivity contribution is 5.89. The minimum Gasteiger partial charge on any atom is -0.387 e. The molecule has 0 aromatic carbocycles. The zero-order valence-electron chi connectivity index (χ0n) is 24.9. The van der Waals surface area contributed by atoms with Crippen molar-refractivity contribution in [2.75, 3.05) is 26.2 Å². The summed E-state index contributed by atoms with van der Waals surface area (Å²) < 4.78 is 12.7. The van der Waals surface area contributed by atoms with E-state index < -0.39 is 108 Å². The number of ether oxygens (including phenoxy) is 2. The number of amides is 4. The Hall–Kier alpha value is -5.00. The number of hydrogen-bond donors (Lipinski definition) is 10. The van der Waals surface area contributed by atoms with Crippen LogP contribution in [0.4, 0.5) is 0 Å². The second-order valence-corrected chi connectivity index (χ2v) is 10.8. The highest BCUT2D eigenvalue weighted by Crippen LogP contribution is 2.28. The van der Waals surface area contributed by atoms with Gasteiger partial charge in [0.15, 0.2) is 12.5 Å². The molecule has 22 heteroatoms. The van der Waals surface area contributed by atoms with E-state index in [0.717, 1.165) is 33.7 Å². The first-order chi connectivity index (χ1) is 22.7. The van der Waals surface area contributed by atoms with Gasteiger partial charge in [-0.1, -0.05) is 0 Å². The van der Waals surface area contributed by atoms with Crippen LogP contribution < -0.4 is 43.8 Å². The molecule has 2 aliphatic rings. The van der Waals surface area contributed by atoms with Crippen LogP contribution in [0.3, 0.4) is 0 Å². The SMILES string of the molecule is O=C(CCC(=O)NCC(=O)NC[C@H]1O[C@@H](n2ccc(=O)[nH]c2=O)[C@@H](O)C1O)NCC(=O)NC[C@H]1O[C@@H](n2ccc(=O)[nH]c2=O)[C@@H](O)C1O. The zero-order valence-corrected chi connectivity index (χ0v) is 24.9. The van der Waals surface area contributed by atoms with E-state index in [1.54, 1.807) is 0 Å². The predicted octanol–water partition coefficient (Wildman–Crippen LogP) is -7.43. The van der Waals surface area contributed by atoms with E-state index in [1.807, 2.05) is 9.97 Å². The van der Waals surface area contributed by atoms with Gasteiger partial charge in [0.25, 0.3) is 11.1 Å². The third kappa shape index (κ3) is 8.87. The number of aliphatic hydroxyl groups is 4. The zero-order chi connectivity index (χ0) is 35.1. The fourth-order valence-corrected chi connectivity index (χ4v) is 4.83. The van der Waals surface area contributed by atoms with Crippen LogP contribution in [0.25, 0.3) is 0 Å². The van der Waals surface area contributed by atoms with E-state index in [9.17, 15) is 58.8 Å². The van der Waals surface area contributed by atoms with Gasteiger partial charge in [-0.2, -0.15) is 0 Å². The molecular formula is C26H34N8O14. The monoisotopic (exact) mass is 682 g/mol. The maximum absolute atomic E-state index is 12.2. The molecule has 4 amide bonds. The Morgan fingerprint density at radius 2 is 0.979 bits per heavy atom. The van der Waals surface area contributed by atoms with E-state index in [1.165, 1.54) is 0 Å². The molecule has 0 saturated carbocycles. The molecule has 2 aliphatic heterocycles. The molecule has 2 aromatic heterocycles. The van der Waals surface area contributed by atoms with Gasteiger partial charge in [-0.05, 0) is 0 Å². The van der Waals surface area contributed by atoms with Crippen LogP contribution in [-0.4, -0.2) is 126 Å². The van der Waals surface area contributed by atoms with Crippen molar-refractivity contribution in [3.05, 3.63) is 66.2 Å². The molecule has 4 rings (SSSR count). The van der Waals surface area contributed by atoms with Crippen LogP contribution in [0.5, 0.6) is 0 Å². The molecule has 2 unspecified atom stereocenters. The molecule has 0 aliphatic carbocycles. The lowest BCUT2D eigenvalue weighted by Gasteiger charge is -2.16. The molecule has 0 spiro atoms. The highest BCUT2D eigenvalue weighted by Gasteiger charge is 2.45. The van der Waals surface area contributed by atoms with Crippen molar-refractivity contribution >= 4 is 23.6 Å².